The molecule has 0 amide bonds. The van der Waals surface area contributed by atoms with E-state index >= 15 is 0 Å². The lowest BCUT2D eigenvalue weighted by Crippen LogP contribution is -2.13. The second kappa shape index (κ2) is 9.91. The molecule has 2 N–H and O–H groups in total. The number of carbonyl (C=O) groups excluding carboxylic acids is 1. The average molecular weight is 348 g/mol. The van der Waals surface area contributed by atoms with Gasteiger partial charge in [-0.2, -0.15) is 0 Å². The Balaban J connectivity index is 1.82. The van der Waals surface area contributed by atoms with Gasteiger partial charge in [-0.25, -0.2) is 0 Å². The maximum atomic E-state index is 12.2. The maximum Gasteiger partial charge on any atom is 0.303 e. The number of unbranched alkanes of at least 4 members (excludes halogenated alkanes) is 3. The third kappa shape index (κ3) is 6.43. The maximum absolute atomic E-state index is 12.2. The number of aliphatic carboxylic acids is 1. The van der Waals surface area contributed by atoms with Crippen LogP contribution in [0.25, 0.3) is 0 Å². The van der Waals surface area contributed by atoms with Crippen LogP contribution in [-0.4, -0.2) is 28.1 Å². The summed E-state index contributed by atoms with van der Waals surface area (Å²) in [5, 5.41) is 18.9. The highest BCUT2D eigenvalue weighted by atomic mass is 16.4. The number of ketones is 1. The van der Waals surface area contributed by atoms with Crippen LogP contribution in [0.4, 0.5) is 0 Å². The quantitative estimate of drug-likeness (QED) is 0.332. The van der Waals surface area contributed by atoms with Crippen molar-refractivity contribution >= 4 is 11.8 Å². The summed E-state index contributed by atoms with van der Waals surface area (Å²) >= 11 is 0. The summed E-state index contributed by atoms with van der Waals surface area (Å²) in [6.45, 7) is 2.19. The van der Waals surface area contributed by atoms with Crippen molar-refractivity contribution in [2.45, 2.75) is 77.2 Å². The first-order valence-electron chi connectivity index (χ1n) is 9.82. The van der Waals surface area contributed by atoms with E-state index in [0.29, 0.717) is 18.3 Å². The van der Waals surface area contributed by atoms with Crippen LogP contribution in [0.15, 0.2) is 23.8 Å². The Morgan fingerprint density at radius 1 is 1.24 bits per heavy atom. The molecule has 0 bridgehead atoms. The molecule has 25 heavy (non-hydrogen) atoms. The van der Waals surface area contributed by atoms with E-state index in [-0.39, 0.29) is 24.5 Å². The fourth-order valence-electron chi connectivity index (χ4n) is 3.79. The smallest absolute Gasteiger partial charge is 0.303 e. The highest BCUT2D eigenvalue weighted by Gasteiger charge is 2.40. The molecule has 2 rings (SSSR count). The van der Waals surface area contributed by atoms with Gasteiger partial charge in [-0.15, -0.1) is 0 Å². The van der Waals surface area contributed by atoms with Gasteiger partial charge in [-0.3, -0.25) is 9.59 Å². The normalized spacial score (nSPS) is 30.5. The molecule has 0 saturated heterocycles. The van der Waals surface area contributed by atoms with Crippen LogP contribution in [0.1, 0.15) is 71.1 Å². The SMILES string of the molecule is CCCCC/C=C\C[C@H]1/C(=C\[C@H]2C[C@H]2CCCC(=O)O)C(=O)C[C@@H]1O. The fraction of sp³-hybridized carbons (Fsp3) is 0.714. The molecule has 4 atom stereocenters. The van der Waals surface area contributed by atoms with Crippen LogP contribution in [0.3, 0.4) is 0 Å². The van der Waals surface area contributed by atoms with Crippen molar-refractivity contribution in [1.82, 2.24) is 0 Å². The number of carboxylic acids is 1. The molecular formula is C21H32O4. The molecule has 0 aromatic rings. The first-order chi connectivity index (χ1) is 12.0. The highest BCUT2D eigenvalue weighted by molar-refractivity contribution is 5.99. The Morgan fingerprint density at radius 2 is 2.04 bits per heavy atom. The Morgan fingerprint density at radius 3 is 2.76 bits per heavy atom. The molecular weight excluding hydrogens is 316 g/mol. The van der Waals surface area contributed by atoms with Crippen molar-refractivity contribution in [2.75, 3.05) is 0 Å². The van der Waals surface area contributed by atoms with E-state index in [1.165, 1.54) is 19.3 Å². The Labute approximate surface area is 151 Å². The number of rotatable bonds is 11. The average Bonchev–Trinajstić information content (AvgIpc) is 3.23. The summed E-state index contributed by atoms with van der Waals surface area (Å²) in [7, 11) is 0. The molecule has 4 nitrogen and oxygen atoms in total. The molecule has 0 unspecified atom stereocenters. The minimum Gasteiger partial charge on any atom is -0.481 e. The molecule has 140 valence electrons. The summed E-state index contributed by atoms with van der Waals surface area (Å²) in [5.41, 5.74) is 0.816. The molecule has 4 heteroatoms. The summed E-state index contributed by atoms with van der Waals surface area (Å²) in [6.07, 6.45) is 14.4. The van der Waals surface area contributed by atoms with E-state index < -0.39 is 12.1 Å². The Kier molecular flexibility index (Phi) is 7.89. The van der Waals surface area contributed by atoms with Crippen molar-refractivity contribution in [3.63, 3.8) is 0 Å². The number of aliphatic hydroxyl groups is 1. The molecule has 0 aromatic carbocycles. The van der Waals surface area contributed by atoms with Crippen molar-refractivity contribution < 1.29 is 19.8 Å². The zero-order chi connectivity index (χ0) is 18.2. The first-order valence-corrected chi connectivity index (χ1v) is 9.82. The Hall–Kier alpha value is -1.42. The van der Waals surface area contributed by atoms with Crippen LogP contribution in [-0.2, 0) is 9.59 Å². The predicted octanol–water partition coefficient (Wildman–Crippen LogP) is 4.28. The molecule has 0 spiro atoms. The van der Waals surface area contributed by atoms with E-state index in [1.54, 1.807) is 0 Å². The molecule has 2 aliphatic rings. The number of carbonyl (C=O) groups is 2. The summed E-state index contributed by atoms with van der Waals surface area (Å²) < 4.78 is 0. The van der Waals surface area contributed by atoms with Gasteiger partial charge in [0.05, 0.1) is 6.10 Å². The van der Waals surface area contributed by atoms with Crippen LogP contribution < -0.4 is 0 Å². The summed E-state index contributed by atoms with van der Waals surface area (Å²) in [4.78, 5) is 22.8. The zero-order valence-electron chi connectivity index (χ0n) is 15.3. The standard InChI is InChI=1S/C21H32O4/c1-2-3-4-5-6-7-10-17-18(20(23)14-19(17)22)13-16-12-15(16)9-8-11-21(24)25/h6-7,13,15-17,19,22H,2-5,8-12,14H2,1H3,(H,24,25)/b7-6-,18-13+/t15-,16-,17+,19+/m1/s1. The van der Waals surface area contributed by atoms with E-state index in [2.05, 4.69) is 25.2 Å². The number of allylic oxidation sites excluding steroid dienone is 3. The molecule has 2 aliphatic carbocycles. The van der Waals surface area contributed by atoms with Crippen LogP contribution in [0.2, 0.25) is 0 Å². The highest BCUT2D eigenvalue weighted by Crippen LogP contribution is 2.46. The van der Waals surface area contributed by atoms with Crippen molar-refractivity contribution in [3.8, 4) is 0 Å². The van der Waals surface area contributed by atoms with Gasteiger partial charge in [0.25, 0.3) is 0 Å². The number of hydrogen-bond donors (Lipinski definition) is 2. The van der Waals surface area contributed by atoms with Crippen molar-refractivity contribution in [3.05, 3.63) is 23.8 Å². The monoisotopic (exact) mass is 348 g/mol. The second-order valence-corrected chi connectivity index (χ2v) is 7.57. The largest absolute Gasteiger partial charge is 0.481 e. The van der Waals surface area contributed by atoms with Crippen molar-refractivity contribution in [2.24, 2.45) is 17.8 Å². The van der Waals surface area contributed by atoms with Gasteiger partial charge in [0, 0.05) is 18.8 Å². The second-order valence-electron chi connectivity index (χ2n) is 7.57. The van der Waals surface area contributed by atoms with E-state index in [9.17, 15) is 14.7 Å². The van der Waals surface area contributed by atoms with E-state index in [4.69, 9.17) is 5.11 Å². The number of hydrogen-bond acceptors (Lipinski definition) is 3. The predicted molar refractivity (Wildman–Crippen MR) is 98.2 cm³/mol. The lowest BCUT2D eigenvalue weighted by atomic mass is 9.94. The summed E-state index contributed by atoms with van der Waals surface area (Å²) in [6, 6.07) is 0. The first kappa shape index (κ1) is 19.9. The van der Waals surface area contributed by atoms with E-state index in [1.807, 2.05) is 0 Å². The molecule has 2 fully saturated rings. The van der Waals surface area contributed by atoms with Gasteiger partial charge in [0.1, 0.15) is 0 Å². The zero-order valence-corrected chi connectivity index (χ0v) is 15.3. The lowest BCUT2D eigenvalue weighted by Gasteiger charge is -2.13. The lowest BCUT2D eigenvalue weighted by molar-refractivity contribution is -0.137. The van der Waals surface area contributed by atoms with Crippen LogP contribution in [0, 0.1) is 17.8 Å². The number of aliphatic hydroxyl groups excluding tert-OH is 1. The molecule has 0 heterocycles. The van der Waals surface area contributed by atoms with Crippen molar-refractivity contribution in [1.29, 1.82) is 0 Å². The van der Waals surface area contributed by atoms with Gasteiger partial charge in [0.2, 0.25) is 0 Å². The van der Waals surface area contributed by atoms with Crippen LogP contribution >= 0.6 is 0 Å². The topological polar surface area (TPSA) is 74.6 Å². The fourth-order valence-corrected chi connectivity index (χ4v) is 3.79. The number of carboxylic acid groups (broad SMARTS) is 1. The minimum atomic E-state index is -0.740. The Bertz CT molecular complexity index is 520. The van der Waals surface area contributed by atoms with Gasteiger partial charge in [-0.1, -0.05) is 38.0 Å². The van der Waals surface area contributed by atoms with Gasteiger partial charge >= 0.3 is 5.97 Å². The van der Waals surface area contributed by atoms with Gasteiger partial charge in [0.15, 0.2) is 5.78 Å². The molecule has 0 aromatic heterocycles. The minimum absolute atomic E-state index is 0.0600. The third-order valence-electron chi connectivity index (χ3n) is 5.45. The number of Topliss-reactive ketones (excluding diaryl/α,β-unsaturated/α-hetero) is 1. The van der Waals surface area contributed by atoms with E-state index in [0.717, 1.165) is 31.3 Å². The molecule has 0 radical (unpaired) electrons. The van der Waals surface area contributed by atoms with Crippen LogP contribution in [0.5, 0.6) is 0 Å². The van der Waals surface area contributed by atoms with Gasteiger partial charge < -0.3 is 10.2 Å². The molecule has 2 saturated carbocycles. The summed E-state index contributed by atoms with van der Waals surface area (Å²) in [5.74, 6) is 0.204. The van der Waals surface area contributed by atoms with Gasteiger partial charge in [-0.05, 0) is 55.9 Å². The molecule has 0 aliphatic heterocycles. The third-order valence-corrected chi connectivity index (χ3v) is 5.45.